The maximum atomic E-state index is 13.4. The number of anilines is 1. The maximum absolute atomic E-state index is 13.4. The van der Waals surface area contributed by atoms with Crippen molar-refractivity contribution in [3.05, 3.63) is 58.9 Å². The molecule has 2 aliphatic rings. The number of aryl methyl sites for hydroxylation is 1. The second-order valence-electron chi connectivity index (χ2n) is 9.04. The Morgan fingerprint density at radius 3 is 2.60 bits per heavy atom. The molecule has 5 nitrogen and oxygen atoms in total. The SMILES string of the molecule is Cc1ccc2c(n1)C(C)(C)CN2C(=O)NC1CCN(Cc2ccc(F)c(F)c2)CC1. The van der Waals surface area contributed by atoms with Crippen LogP contribution in [0, 0.1) is 18.6 Å². The highest BCUT2D eigenvalue weighted by Gasteiger charge is 2.40. The van der Waals surface area contributed by atoms with E-state index in [9.17, 15) is 13.6 Å². The van der Waals surface area contributed by atoms with E-state index < -0.39 is 11.6 Å². The number of fused-ring (bicyclic) bond motifs is 1. The minimum atomic E-state index is -0.822. The van der Waals surface area contributed by atoms with Gasteiger partial charge in [0, 0.05) is 43.3 Å². The molecule has 1 aromatic heterocycles. The van der Waals surface area contributed by atoms with Gasteiger partial charge < -0.3 is 5.32 Å². The molecule has 3 heterocycles. The molecule has 30 heavy (non-hydrogen) atoms. The lowest BCUT2D eigenvalue weighted by Gasteiger charge is -2.33. The van der Waals surface area contributed by atoms with Crippen LogP contribution in [-0.2, 0) is 12.0 Å². The first-order valence-electron chi connectivity index (χ1n) is 10.5. The van der Waals surface area contributed by atoms with Crippen molar-refractivity contribution >= 4 is 11.7 Å². The van der Waals surface area contributed by atoms with Crippen molar-refractivity contribution in [2.75, 3.05) is 24.5 Å². The summed E-state index contributed by atoms with van der Waals surface area (Å²) in [6.07, 6.45) is 1.65. The average Bonchev–Trinajstić information content (AvgIpc) is 2.97. The zero-order chi connectivity index (χ0) is 21.5. The van der Waals surface area contributed by atoms with E-state index in [1.165, 1.54) is 12.1 Å². The molecule has 1 fully saturated rings. The molecule has 0 unspecified atom stereocenters. The summed E-state index contributed by atoms with van der Waals surface area (Å²) in [6.45, 7) is 8.98. The lowest BCUT2D eigenvalue weighted by Crippen LogP contribution is -2.49. The molecule has 0 atom stereocenters. The predicted molar refractivity (Wildman–Crippen MR) is 113 cm³/mol. The van der Waals surface area contributed by atoms with Crippen molar-refractivity contribution in [1.29, 1.82) is 0 Å². The number of rotatable bonds is 3. The lowest BCUT2D eigenvalue weighted by atomic mass is 9.91. The summed E-state index contributed by atoms with van der Waals surface area (Å²) in [4.78, 5) is 21.7. The van der Waals surface area contributed by atoms with Gasteiger partial charge in [-0.25, -0.2) is 13.6 Å². The number of hydrogen-bond acceptors (Lipinski definition) is 3. The number of aromatic nitrogens is 1. The predicted octanol–water partition coefficient (Wildman–Crippen LogP) is 4.14. The maximum Gasteiger partial charge on any atom is 0.322 e. The third-order valence-electron chi connectivity index (χ3n) is 6.05. The van der Waals surface area contributed by atoms with Crippen LogP contribution in [0.4, 0.5) is 19.3 Å². The number of halogens is 2. The highest BCUT2D eigenvalue weighted by atomic mass is 19.2. The van der Waals surface area contributed by atoms with Crippen molar-refractivity contribution in [2.24, 2.45) is 0 Å². The Morgan fingerprint density at radius 2 is 1.90 bits per heavy atom. The van der Waals surface area contributed by atoms with Crippen LogP contribution in [0.15, 0.2) is 30.3 Å². The number of urea groups is 1. The van der Waals surface area contributed by atoms with Crippen molar-refractivity contribution in [1.82, 2.24) is 15.2 Å². The number of carbonyl (C=O) groups is 1. The van der Waals surface area contributed by atoms with Crippen LogP contribution in [0.2, 0.25) is 0 Å². The summed E-state index contributed by atoms with van der Waals surface area (Å²) in [6, 6.07) is 7.99. The molecule has 2 amide bonds. The number of benzene rings is 1. The summed E-state index contributed by atoms with van der Waals surface area (Å²) in [5.41, 5.74) is 3.40. The quantitative estimate of drug-likeness (QED) is 0.821. The summed E-state index contributed by atoms with van der Waals surface area (Å²) < 4.78 is 26.5. The number of amides is 2. The van der Waals surface area contributed by atoms with Gasteiger partial charge in [0.2, 0.25) is 0 Å². The number of hydrogen-bond donors (Lipinski definition) is 1. The molecule has 0 radical (unpaired) electrons. The Bertz CT molecular complexity index is 954. The Morgan fingerprint density at radius 1 is 1.17 bits per heavy atom. The van der Waals surface area contributed by atoms with Gasteiger partial charge in [0.15, 0.2) is 11.6 Å². The van der Waals surface area contributed by atoms with E-state index in [0.29, 0.717) is 13.1 Å². The van der Waals surface area contributed by atoms with Gasteiger partial charge in [0.25, 0.3) is 0 Å². The van der Waals surface area contributed by atoms with Crippen LogP contribution in [0.3, 0.4) is 0 Å². The van der Waals surface area contributed by atoms with Gasteiger partial charge in [-0.1, -0.05) is 19.9 Å². The normalized spacial score (nSPS) is 19.0. The number of piperidine rings is 1. The number of pyridine rings is 1. The molecular formula is C23H28F2N4O. The molecule has 0 spiro atoms. The molecule has 7 heteroatoms. The van der Waals surface area contributed by atoms with Gasteiger partial charge in [-0.05, 0) is 49.6 Å². The minimum absolute atomic E-state index is 0.0773. The third kappa shape index (κ3) is 4.17. The second-order valence-corrected chi connectivity index (χ2v) is 9.04. The smallest absolute Gasteiger partial charge is 0.322 e. The summed E-state index contributed by atoms with van der Waals surface area (Å²) >= 11 is 0. The van der Waals surface area contributed by atoms with E-state index in [1.807, 2.05) is 19.1 Å². The molecule has 0 aliphatic carbocycles. The molecule has 2 aromatic rings. The lowest BCUT2D eigenvalue weighted by molar-refractivity contribution is 0.188. The topological polar surface area (TPSA) is 48.5 Å². The van der Waals surface area contributed by atoms with Crippen LogP contribution in [0.5, 0.6) is 0 Å². The molecule has 2 aliphatic heterocycles. The van der Waals surface area contributed by atoms with Crippen molar-refractivity contribution in [3.63, 3.8) is 0 Å². The Balaban J connectivity index is 1.33. The average molecular weight is 415 g/mol. The highest BCUT2D eigenvalue weighted by Crippen LogP contribution is 2.39. The molecule has 0 bridgehead atoms. The van der Waals surface area contributed by atoms with Crippen LogP contribution < -0.4 is 10.2 Å². The van der Waals surface area contributed by atoms with E-state index in [2.05, 4.69) is 29.0 Å². The van der Waals surface area contributed by atoms with Crippen LogP contribution in [-0.4, -0.2) is 41.6 Å². The van der Waals surface area contributed by atoms with Crippen LogP contribution >= 0.6 is 0 Å². The minimum Gasteiger partial charge on any atom is -0.335 e. The molecular weight excluding hydrogens is 386 g/mol. The highest BCUT2D eigenvalue weighted by molar-refractivity contribution is 5.94. The van der Waals surface area contributed by atoms with E-state index in [-0.39, 0.29) is 17.5 Å². The summed E-state index contributed by atoms with van der Waals surface area (Å²) in [5.74, 6) is -1.63. The standard InChI is InChI=1S/C23H28F2N4O/c1-15-4-7-20-21(26-15)23(2,3)14-29(20)22(30)27-17-8-10-28(11-9-17)13-16-5-6-18(24)19(25)12-16/h4-7,12,17H,8-11,13-14H2,1-3H3,(H,27,30). The first-order chi connectivity index (χ1) is 14.2. The first-order valence-corrected chi connectivity index (χ1v) is 10.5. The zero-order valence-corrected chi connectivity index (χ0v) is 17.7. The first kappa shape index (κ1) is 20.7. The Labute approximate surface area is 176 Å². The Hall–Kier alpha value is -2.54. The number of carbonyl (C=O) groups excluding carboxylic acids is 1. The summed E-state index contributed by atoms with van der Waals surface area (Å²) in [7, 11) is 0. The molecule has 4 rings (SSSR count). The van der Waals surface area contributed by atoms with Gasteiger partial charge >= 0.3 is 6.03 Å². The van der Waals surface area contributed by atoms with Crippen LogP contribution in [0.25, 0.3) is 0 Å². The number of likely N-dealkylation sites (tertiary alicyclic amines) is 1. The summed E-state index contributed by atoms with van der Waals surface area (Å²) in [5, 5.41) is 3.18. The van der Waals surface area contributed by atoms with E-state index in [0.717, 1.165) is 48.6 Å². The van der Waals surface area contributed by atoms with Gasteiger partial charge in [0.1, 0.15) is 0 Å². The zero-order valence-electron chi connectivity index (χ0n) is 17.7. The fraction of sp³-hybridized carbons (Fsp3) is 0.478. The van der Waals surface area contributed by atoms with Gasteiger partial charge in [-0.3, -0.25) is 14.8 Å². The van der Waals surface area contributed by atoms with Gasteiger partial charge in [-0.2, -0.15) is 0 Å². The van der Waals surface area contributed by atoms with Crippen molar-refractivity contribution in [2.45, 2.75) is 51.6 Å². The molecule has 160 valence electrons. The molecule has 0 saturated carbocycles. The van der Waals surface area contributed by atoms with Crippen molar-refractivity contribution < 1.29 is 13.6 Å². The van der Waals surface area contributed by atoms with Gasteiger partial charge in [-0.15, -0.1) is 0 Å². The van der Waals surface area contributed by atoms with Crippen molar-refractivity contribution in [3.8, 4) is 0 Å². The monoisotopic (exact) mass is 414 g/mol. The third-order valence-corrected chi connectivity index (χ3v) is 6.05. The van der Waals surface area contributed by atoms with E-state index >= 15 is 0 Å². The second kappa shape index (κ2) is 7.95. The largest absolute Gasteiger partial charge is 0.335 e. The van der Waals surface area contributed by atoms with E-state index in [1.54, 1.807) is 11.0 Å². The molecule has 1 N–H and O–H groups in total. The fourth-order valence-corrected chi connectivity index (χ4v) is 4.39. The fourth-order valence-electron chi connectivity index (χ4n) is 4.39. The number of nitrogens with zero attached hydrogens (tertiary/aromatic N) is 3. The Kier molecular flexibility index (Phi) is 5.49. The molecule has 1 aromatic carbocycles. The van der Waals surface area contributed by atoms with Crippen LogP contribution in [0.1, 0.15) is 43.6 Å². The van der Waals surface area contributed by atoms with Gasteiger partial charge in [0.05, 0.1) is 11.4 Å². The van der Waals surface area contributed by atoms with E-state index in [4.69, 9.17) is 0 Å². The molecule has 1 saturated heterocycles. The number of nitrogens with one attached hydrogen (secondary N) is 1.